The zero-order valence-corrected chi connectivity index (χ0v) is 14.8. The number of rotatable bonds is 4. The van der Waals surface area contributed by atoms with Gasteiger partial charge in [0.05, 0.1) is 16.3 Å². The van der Waals surface area contributed by atoms with Crippen molar-refractivity contribution in [2.24, 2.45) is 5.10 Å². The number of hydrazone groups is 1. The summed E-state index contributed by atoms with van der Waals surface area (Å²) in [6.45, 7) is 1.83. The quantitative estimate of drug-likeness (QED) is 0.478. The molecule has 0 aliphatic rings. The number of allylic oxidation sites excluding steroid dienone is 1. The minimum atomic E-state index is -0.894. The third-order valence-electron chi connectivity index (χ3n) is 3.01. The van der Waals surface area contributed by atoms with Crippen molar-refractivity contribution in [2.45, 2.75) is 6.92 Å². The van der Waals surface area contributed by atoms with Gasteiger partial charge in [-0.15, -0.1) is 0 Å². The lowest BCUT2D eigenvalue weighted by molar-refractivity contribution is -0.136. The van der Waals surface area contributed by atoms with Crippen LogP contribution in [0.3, 0.4) is 0 Å². The Morgan fingerprint density at radius 1 is 1.00 bits per heavy atom. The number of halogens is 2. The van der Waals surface area contributed by atoms with E-state index in [0.29, 0.717) is 10.7 Å². The van der Waals surface area contributed by atoms with Crippen molar-refractivity contribution in [2.75, 3.05) is 5.32 Å². The van der Waals surface area contributed by atoms with Crippen LogP contribution in [0.15, 0.2) is 59.2 Å². The van der Waals surface area contributed by atoms with Crippen LogP contribution >= 0.6 is 23.2 Å². The number of benzene rings is 2. The van der Waals surface area contributed by atoms with Gasteiger partial charge < -0.3 is 5.32 Å². The van der Waals surface area contributed by atoms with Gasteiger partial charge in [-0.3, -0.25) is 9.59 Å². The number of anilines is 1. The molecule has 0 spiro atoms. The molecule has 0 bridgehead atoms. The number of nitrogens with zero attached hydrogens (tertiary/aromatic N) is 1. The molecule has 0 aliphatic heterocycles. The number of carbonyl (C=O) groups is 2. The first-order valence-electron chi connectivity index (χ1n) is 7.28. The summed E-state index contributed by atoms with van der Waals surface area (Å²) in [5, 5.41) is 6.80. The van der Waals surface area contributed by atoms with Crippen LogP contribution in [0.25, 0.3) is 6.08 Å². The number of hydrogen-bond acceptors (Lipinski definition) is 3. The number of amides is 2. The summed E-state index contributed by atoms with van der Waals surface area (Å²) in [6, 6.07) is 14.2. The van der Waals surface area contributed by atoms with E-state index in [1.165, 1.54) is 24.4 Å². The van der Waals surface area contributed by atoms with Crippen LogP contribution in [0, 0.1) is 0 Å². The van der Waals surface area contributed by atoms with Gasteiger partial charge in [0.25, 0.3) is 0 Å². The minimum absolute atomic E-state index is 0.277. The largest absolute Gasteiger partial charge is 0.329 e. The molecule has 5 nitrogen and oxygen atoms in total. The average Bonchev–Trinajstić information content (AvgIpc) is 2.59. The topological polar surface area (TPSA) is 70.6 Å². The Morgan fingerprint density at radius 2 is 1.72 bits per heavy atom. The highest BCUT2D eigenvalue weighted by molar-refractivity contribution is 6.42. The Labute approximate surface area is 155 Å². The first-order valence-corrected chi connectivity index (χ1v) is 8.04. The minimum Gasteiger partial charge on any atom is -0.318 e. The first kappa shape index (κ1) is 18.7. The fourth-order valence-electron chi connectivity index (χ4n) is 1.85. The molecule has 0 aromatic heterocycles. The van der Waals surface area contributed by atoms with Crippen molar-refractivity contribution in [3.05, 3.63) is 69.7 Å². The van der Waals surface area contributed by atoms with Gasteiger partial charge in [0.15, 0.2) is 0 Å². The van der Waals surface area contributed by atoms with Gasteiger partial charge in [-0.1, -0.05) is 59.6 Å². The molecular weight excluding hydrogens is 361 g/mol. The third kappa shape index (κ3) is 6.06. The van der Waals surface area contributed by atoms with Crippen molar-refractivity contribution in [1.29, 1.82) is 0 Å². The SMILES string of the molecule is CC(C=NNC(=O)C(=O)Nc1ccc(Cl)c(Cl)c1)=Cc1ccccc1. The van der Waals surface area contributed by atoms with Gasteiger partial charge in [-0.25, -0.2) is 5.43 Å². The molecular formula is C18H15Cl2N3O2. The average molecular weight is 376 g/mol. The molecule has 0 unspecified atom stereocenters. The van der Waals surface area contributed by atoms with Crippen LogP contribution in [0.2, 0.25) is 10.0 Å². The lowest BCUT2D eigenvalue weighted by atomic mass is 10.1. The van der Waals surface area contributed by atoms with Crippen LogP contribution < -0.4 is 10.7 Å². The van der Waals surface area contributed by atoms with Gasteiger partial charge in [0.1, 0.15) is 0 Å². The Hall–Kier alpha value is -2.63. The molecule has 25 heavy (non-hydrogen) atoms. The summed E-state index contributed by atoms with van der Waals surface area (Å²) >= 11 is 11.6. The standard InChI is InChI=1S/C18H15Cl2N3O2/c1-12(9-13-5-3-2-4-6-13)11-21-23-18(25)17(24)22-14-7-8-15(19)16(20)10-14/h2-11H,1H3,(H,22,24)(H,23,25). The molecule has 2 rings (SSSR count). The maximum atomic E-state index is 11.8. The predicted octanol–water partition coefficient (Wildman–Crippen LogP) is 4.14. The number of nitrogens with one attached hydrogen (secondary N) is 2. The molecule has 2 N–H and O–H groups in total. The maximum absolute atomic E-state index is 11.8. The zero-order chi connectivity index (χ0) is 18.2. The van der Waals surface area contributed by atoms with E-state index in [2.05, 4.69) is 15.8 Å². The summed E-state index contributed by atoms with van der Waals surface area (Å²) in [7, 11) is 0. The van der Waals surface area contributed by atoms with Crippen LogP contribution in [-0.2, 0) is 9.59 Å². The lowest BCUT2D eigenvalue weighted by Gasteiger charge is -2.05. The predicted molar refractivity (Wildman–Crippen MR) is 102 cm³/mol. The summed E-state index contributed by atoms with van der Waals surface area (Å²) in [5.41, 5.74) is 4.35. The Bertz CT molecular complexity index is 833. The number of hydrogen-bond donors (Lipinski definition) is 2. The van der Waals surface area contributed by atoms with Gasteiger partial charge >= 0.3 is 11.8 Å². The normalized spacial score (nSPS) is 11.4. The van der Waals surface area contributed by atoms with Crippen molar-refractivity contribution in [3.63, 3.8) is 0 Å². The first-order chi connectivity index (χ1) is 12.0. The molecule has 7 heteroatoms. The molecule has 128 valence electrons. The summed E-state index contributed by atoms with van der Waals surface area (Å²) in [6.07, 6.45) is 3.35. The van der Waals surface area contributed by atoms with Crippen LogP contribution in [0.4, 0.5) is 5.69 Å². The molecule has 0 radical (unpaired) electrons. The van der Waals surface area contributed by atoms with Crippen LogP contribution in [0.5, 0.6) is 0 Å². The molecule has 2 aromatic carbocycles. The van der Waals surface area contributed by atoms with Gasteiger partial charge in [0, 0.05) is 5.69 Å². The van der Waals surface area contributed by atoms with E-state index in [4.69, 9.17) is 23.2 Å². The summed E-state index contributed by atoms with van der Waals surface area (Å²) in [5.74, 6) is -1.75. The molecule has 0 aliphatic carbocycles. The Balaban J connectivity index is 1.89. The molecule has 0 saturated heterocycles. The second-order valence-corrected chi connectivity index (χ2v) is 5.90. The van der Waals surface area contributed by atoms with E-state index in [1.54, 1.807) is 0 Å². The van der Waals surface area contributed by atoms with Crippen molar-refractivity contribution < 1.29 is 9.59 Å². The smallest absolute Gasteiger partial charge is 0.318 e. The highest BCUT2D eigenvalue weighted by atomic mass is 35.5. The highest BCUT2D eigenvalue weighted by Crippen LogP contribution is 2.24. The monoisotopic (exact) mass is 375 g/mol. The van der Waals surface area contributed by atoms with E-state index in [0.717, 1.165) is 11.1 Å². The van der Waals surface area contributed by atoms with E-state index < -0.39 is 11.8 Å². The van der Waals surface area contributed by atoms with E-state index in [-0.39, 0.29) is 5.02 Å². The highest BCUT2D eigenvalue weighted by Gasteiger charge is 2.13. The molecule has 0 fully saturated rings. The van der Waals surface area contributed by atoms with Crippen molar-refractivity contribution in [1.82, 2.24) is 5.43 Å². The summed E-state index contributed by atoms with van der Waals surface area (Å²) < 4.78 is 0. The summed E-state index contributed by atoms with van der Waals surface area (Å²) in [4.78, 5) is 23.5. The lowest BCUT2D eigenvalue weighted by Crippen LogP contribution is -2.32. The fourth-order valence-corrected chi connectivity index (χ4v) is 2.15. The van der Waals surface area contributed by atoms with Gasteiger partial charge in [-0.05, 0) is 36.3 Å². The maximum Gasteiger partial charge on any atom is 0.329 e. The second kappa shape index (κ2) is 9.01. The Kier molecular flexibility index (Phi) is 6.74. The Morgan fingerprint density at radius 3 is 2.40 bits per heavy atom. The molecule has 2 amide bonds. The zero-order valence-electron chi connectivity index (χ0n) is 13.3. The van der Waals surface area contributed by atoms with Crippen molar-refractivity contribution in [3.8, 4) is 0 Å². The van der Waals surface area contributed by atoms with E-state index in [1.807, 2.05) is 43.3 Å². The molecule has 0 heterocycles. The second-order valence-electron chi connectivity index (χ2n) is 5.08. The molecule has 2 aromatic rings. The van der Waals surface area contributed by atoms with Crippen LogP contribution in [0.1, 0.15) is 12.5 Å². The van der Waals surface area contributed by atoms with Crippen LogP contribution in [-0.4, -0.2) is 18.0 Å². The molecule has 0 atom stereocenters. The van der Waals surface area contributed by atoms with Gasteiger partial charge in [-0.2, -0.15) is 5.10 Å². The van der Waals surface area contributed by atoms with Crippen molar-refractivity contribution >= 4 is 53.0 Å². The van der Waals surface area contributed by atoms with Gasteiger partial charge in [0.2, 0.25) is 0 Å². The third-order valence-corrected chi connectivity index (χ3v) is 3.75. The fraction of sp³-hybridized carbons (Fsp3) is 0.0556. The van der Waals surface area contributed by atoms with E-state index >= 15 is 0 Å². The van der Waals surface area contributed by atoms with E-state index in [9.17, 15) is 9.59 Å². The number of carbonyl (C=O) groups excluding carboxylic acids is 2. The molecule has 0 saturated carbocycles.